The van der Waals surface area contributed by atoms with Crippen molar-refractivity contribution in [1.82, 2.24) is 14.9 Å². The number of carbonyl (C=O) groups is 1. The quantitative estimate of drug-likeness (QED) is 0.784. The number of nitrogens with zero attached hydrogens (tertiary/aromatic N) is 4. The maximum Gasteiger partial charge on any atom is 0.225 e. The molecule has 6 heteroatoms. The van der Waals surface area contributed by atoms with Crippen LogP contribution >= 0.6 is 0 Å². The first-order valence-corrected chi connectivity index (χ1v) is 9.54. The summed E-state index contributed by atoms with van der Waals surface area (Å²) in [5, 5.41) is 0. The number of rotatable bonds is 4. The largest absolute Gasteiger partial charge is 0.356 e. The van der Waals surface area contributed by atoms with E-state index in [1.165, 1.54) is 12.4 Å². The standard InChI is InChI=1S/C19H29FN4O/c1-3-4-15(2)18(25)24-11-7-19(8-12-24)5-9-23(10-6-19)17-13-16(20)21-14-22-17/h13-15H,3-12H2,1-2H3. The van der Waals surface area contributed by atoms with Gasteiger partial charge in [-0.25, -0.2) is 9.97 Å². The summed E-state index contributed by atoms with van der Waals surface area (Å²) in [5.41, 5.74) is 0.340. The minimum Gasteiger partial charge on any atom is -0.356 e. The molecule has 25 heavy (non-hydrogen) atoms. The summed E-state index contributed by atoms with van der Waals surface area (Å²) in [7, 11) is 0. The van der Waals surface area contributed by atoms with E-state index < -0.39 is 5.95 Å². The van der Waals surface area contributed by atoms with E-state index in [2.05, 4.69) is 33.6 Å². The molecule has 2 aliphatic heterocycles. The maximum atomic E-state index is 13.3. The van der Waals surface area contributed by atoms with Gasteiger partial charge in [-0.2, -0.15) is 4.39 Å². The van der Waals surface area contributed by atoms with E-state index in [1.807, 2.05) is 0 Å². The molecule has 0 aliphatic carbocycles. The number of piperidine rings is 2. The second-order valence-corrected chi connectivity index (χ2v) is 7.70. The summed E-state index contributed by atoms with van der Waals surface area (Å²) >= 11 is 0. The number of anilines is 1. The van der Waals surface area contributed by atoms with Crippen LogP contribution in [0, 0.1) is 17.3 Å². The average Bonchev–Trinajstić information content (AvgIpc) is 2.63. The van der Waals surface area contributed by atoms with Crippen LogP contribution in [-0.2, 0) is 4.79 Å². The zero-order chi connectivity index (χ0) is 17.9. The van der Waals surface area contributed by atoms with Gasteiger partial charge >= 0.3 is 0 Å². The third-order valence-electron chi connectivity index (χ3n) is 6.05. The Balaban J connectivity index is 1.52. The molecule has 0 aromatic carbocycles. The van der Waals surface area contributed by atoms with Gasteiger partial charge in [-0.3, -0.25) is 4.79 Å². The summed E-state index contributed by atoms with van der Waals surface area (Å²) in [4.78, 5) is 24.4. The molecule has 5 nitrogen and oxygen atoms in total. The predicted molar refractivity (Wildman–Crippen MR) is 95.8 cm³/mol. The van der Waals surface area contributed by atoms with E-state index in [-0.39, 0.29) is 5.92 Å². The lowest BCUT2D eigenvalue weighted by Crippen LogP contribution is -2.49. The monoisotopic (exact) mass is 348 g/mol. The van der Waals surface area contributed by atoms with Gasteiger partial charge in [0.25, 0.3) is 0 Å². The molecule has 3 heterocycles. The molecule has 2 fully saturated rings. The van der Waals surface area contributed by atoms with Gasteiger partial charge in [-0.15, -0.1) is 0 Å². The number of amides is 1. The lowest BCUT2D eigenvalue weighted by Gasteiger charge is -2.47. The Morgan fingerprint density at radius 3 is 2.44 bits per heavy atom. The van der Waals surface area contributed by atoms with E-state index in [0.717, 1.165) is 64.7 Å². The molecule has 0 N–H and O–H groups in total. The van der Waals surface area contributed by atoms with Gasteiger partial charge in [0, 0.05) is 38.2 Å². The van der Waals surface area contributed by atoms with Crippen LogP contribution in [0.5, 0.6) is 0 Å². The summed E-state index contributed by atoms with van der Waals surface area (Å²) in [6.45, 7) is 7.75. The third kappa shape index (κ3) is 4.10. The minimum absolute atomic E-state index is 0.147. The topological polar surface area (TPSA) is 49.3 Å². The van der Waals surface area contributed by atoms with Crippen molar-refractivity contribution in [3.8, 4) is 0 Å². The lowest BCUT2D eigenvalue weighted by atomic mass is 9.71. The number of hydrogen-bond acceptors (Lipinski definition) is 4. The molecule has 2 aliphatic rings. The Bertz CT molecular complexity index is 591. The second-order valence-electron chi connectivity index (χ2n) is 7.70. The third-order valence-corrected chi connectivity index (χ3v) is 6.05. The molecule has 1 amide bonds. The van der Waals surface area contributed by atoms with Crippen molar-refractivity contribution < 1.29 is 9.18 Å². The first kappa shape index (κ1) is 18.1. The molecule has 0 saturated carbocycles. The van der Waals surface area contributed by atoms with Crippen LogP contribution < -0.4 is 4.90 Å². The number of likely N-dealkylation sites (tertiary alicyclic amines) is 1. The minimum atomic E-state index is -0.474. The van der Waals surface area contributed by atoms with Gasteiger partial charge < -0.3 is 9.80 Å². The first-order chi connectivity index (χ1) is 12.0. The Morgan fingerprint density at radius 1 is 1.20 bits per heavy atom. The number of aromatic nitrogens is 2. The van der Waals surface area contributed by atoms with Crippen LogP contribution in [0.3, 0.4) is 0 Å². The highest BCUT2D eigenvalue weighted by Gasteiger charge is 2.39. The van der Waals surface area contributed by atoms with Crippen molar-refractivity contribution >= 4 is 11.7 Å². The van der Waals surface area contributed by atoms with E-state index >= 15 is 0 Å². The van der Waals surface area contributed by atoms with Crippen molar-refractivity contribution in [3.63, 3.8) is 0 Å². The summed E-state index contributed by atoms with van der Waals surface area (Å²) in [6.07, 6.45) is 7.68. The van der Waals surface area contributed by atoms with Crippen LogP contribution in [0.25, 0.3) is 0 Å². The molecule has 0 bridgehead atoms. The maximum absolute atomic E-state index is 13.3. The van der Waals surface area contributed by atoms with Gasteiger partial charge in [0.2, 0.25) is 11.9 Å². The van der Waals surface area contributed by atoms with Crippen LogP contribution in [0.2, 0.25) is 0 Å². The normalized spacial score (nSPS) is 21.4. The number of carbonyl (C=O) groups excluding carboxylic acids is 1. The van der Waals surface area contributed by atoms with E-state index in [1.54, 1.807) is 0 Å². The number of hydrogen-bond donors (Lipinski definition) is 0. The Kier molecular flexibility index (Phi) is 5.54. The van der Waals surface area contributed by atoms with Gasteiger partial charge in [-0.1, -0.05) is 20.3 Å². The zero-order valence-electron chi connectivity index (χ0n) is 15.4. The molecular formula is C19H29FN4O. The zero-order valence-corrected chi connectivity index (χ0v) is 15.4. The molecule has 1 spiro atoms. The van der Waals surface area contributed by atoms with Crippen molar-refractivity contribution in [3.05, 3.63) is 18.3 Å². The molecule has 0 radical (unpaired) electrons. The van der Waals surface area contributed by atoms with Crippen LogP contribution in [-0.4, -0.2) is 47.0 Å². The molecule has 1 atom stereocenters. The van der Waals surface area contributed by atoms with Crippen molar-refractivity contribution in [2.24, 2.45) is 11.3 Å². The highest BCUT2D eigenvalue weighted by Crippen LogP contribution is 2.42. The molecule has 3 rings (SSSR count). The van der Waals surface area contributed by atoms with E-state index in [9.17, 15) is 9.18 Å². The highest BCUT2D eigenvalue weighted by molar-refractivity contribution is 5.78. The SMILES string of the molecule is CCCC(C)C(=O)N1CCC2(CC1)CCN(c1cc(F)ncn1)CC2. The van der Waals surface area contributed by atoms with Crippen molar-refractivity contribution in [1.29, 1.82) is 0 Å². The van der Waals surface area contributed by atoms with Crippen LogP contribution in [0.1, 0.15) is 52.4 Å². The van der Waals surface area contributed by atoms with Crippen LogP contribution in [0.15, 0.2) is 12.4 Å². The Morgan fingerprint density at radius 2 is 1.84 bits per heavy atom. The van der Waals surface area contributed by atoms with E-state index in [0.29, 0.717) is 17.1 Å². The molecule has 2 saturated heterocycles. The number of halogens is 1. The van der Waals surface area contributed by atoms with Gasteiger partial charge in [0.15, 0.2) is 0 Å². The van der Waals surface area contributed by atoms with Crippen molar-refractivity contribution in [2.45, 2.75) is 52.4 Å². The lowest BCUT2D eigenvalue weighted by molar-refractivity contribution is -0.137. The fourth-order valence-corrected chi connectivity index (χ4v) is 4.28. The molecule has 1 aromatic heterocycles. The van der Waals surface area contributed by atoms with Crippen molar-refractivity contribution in [2.75, 3.05) is 31.1 Å². The molecule has 1 unspecified atom stereocenters. The Labute approximate surface area is 149 Å². The van der Waals surface area contributed by atoms with Gasteiger partial charge in [-0.05, 0) is 37.5 Å². The molecule has 138 valence electrons. The van der Waals surface area contributed by atoms with Gasteiger partial charge in [0.1, 0.15) is 12.1 Å². The summed E-state index contributed by atoms with van der Waals surface area (Å²) < 4.78 is 13.3. The highest BCUT2D eigenvalue weighted by atomic mass is 19.1. The molecular weight excluding hydrogens is 319 g/mol. The van der Waals surface area contributed by atoms with Crippen LogP contribution in [0.4, 0.5) is 10.2 Å². The predicted octanol–water partition coefficient (Wildman–Crippen LogP) is 3.26. The fourth-order valence-electron chi connectivity index (χ4n) is 4.28. The van der Waals surface area contributed by atoms with Gasteiger partial charge in [0.05, 0.1) is 0 Å². The average molecular weight is 348 g/mol. The first-order valence-electron chi connectivity index (χ1n) is 9.54. The smallest absolute Gasteiger partial charge is 0.225 e. The summed E-state index contributed by atoms with van der Waals surface area (Å²) in [6, 6.07) is 1.41. The summed E-state index contributed by atoms with van der Waals surface area (Å²) in [5.74, 6) is 0.681. The fraction of sp³-hybridized carbons (Fsp3) is 0.737. The second kappa shape index (κ2) is 7.67. The van der Waals surface area contributed by atoms with E-state index in [4.69, 9.17) is 0 Å². The Hall–Kier alpha value is -1.72. The molecule has 1 aromatic rings.